The summed E-state index contributed by atoms with van der Waals surface area (Å²) >= 11 is 0. The molecule has 0 radical (unpaired) electrons. The van der Waals surface area contributed by atoms with Crippen molar-refractivity contribution in [1.29, 1.82) is 0 Å². The molecule has 10 rings (SSSR count). The van der Waals surface area contributed by atoms with Crippen LogP contribution in [0.2, 0.25) is 0 Å². The number of furan rings is 1. The Kier molecular flexibility index (Phi) is 6.17. The maximum atomic E-state index is 9.84. The third kappa shape index (κ3) is 4.94. The summed E-state index contributed by atoms with van der Waals surface area (Å²) in [6.07, 6.45) is 0. The molecule has 1 aromatic heterocycles. The maximum absolute atomic E-state index is 9.84. The Balaban J connectivity index is 1.31. The van der Waals surface area contributed by atoms with Crippen molar-refractivity contribution in [1.82, 2.24) is 0 Å². The fourth-order valence-electron chi connectivity index (χ4n) is 7.62. The Labute approximate surface area is 300 Å². The van der Waals surface area contributed by atoms with Gasteiger partial charge in [-0.2, -0.15) is 0 Å². The minimum Gasteiger partial charge on any atom is -0.456 e. The van der Waals surface area contributed by atoms with Crippen LogP contribution in [0.1, 0.15) is 4.11 Å². The highest BCUT2D eigenvalue weighted by Gasteiger charge is 2.21. The van der Waals surface area contributed by atoms with Crippen LogP contribution in [-0.2, 0) is 0 Å². The third-order valence-corrected chi connectivity index (χ3v) is 9.93. The predicted octanol–water partition coefficient (Wildman–Crippen LogP) is 14.2. The number of rotatable bonds is 5. The van der Waals surface area contributed by atoms with Crippen LogP contribution in [0.5, 0.6) is 0 Å². The minimum absolute atomic E-state index is 0.177. The summed E-state index contributed by atoms with van der Waals surface area (Å²) in [5.41, 5.74) is 9.97. The van der Waals surface area contributed by atoms with E-state index in [1.165, 1.54) is 0 Å². The average molecular weight is 652 g/mol. The predicted molar refractivity (Wildman–Crippen MR) is 216 cm³/mol. The number of hydrogen-bond donors (Lipinski definition) is 0. The molecule has 0 unspecified atom stereocenters. The van der Waals surface area contributed by atoms with Gasteiger partial charge in [-0.25, -0.2) is 0 Å². The van der Waals surface area contributed by atoms with Crippen LogP contribution in [0, 0.1) is 0 Å². The zero-order chi connectivity index (χ0) is 36.3. The summed E-state index contributed by atoms with van der Waals surface area (Å²) in [5.74, 6) is 0. The summed E-state index contributed by atoms with van der Waals surface area (Å²) in [5, 5.41) is 6.02. The molecule has 0 aliphatic rings. The Morgan fingerprint density at radius 2 is 0.784 bits per heavy atom. The topological polar surface area (TPSA) is 13.1 Å². The van der Waals surface area contributed by atoms with E-state index < -0.39 is 0 Å². The second-order valence-corrected chi connectivity index (χ2v) is 12.9. The van der Waals surface area contributed by atoms with Gasteiger partial charge in [-0.1, -0.05) is 158 Å². The van der Waals surface area contributed by atoms with E-state index in [9.17, 15) is 4.11 Å². The molecule has 1 heteroatoms. The first-order chi connectivity index (χ1) is 26.6. The molecule has 0 atom stereocenters. The van der Waals surface area contributed by atoms with E-state index in [4.69, 9.17) is 4.42 Å². The summed E-state index contributed by atoms with van der Waals surface area (Å²) in [6.45, 7) is 0. The molecule has 0 spiro atoms. The van der Waals surface area contributed by atoms with Crippen LogP contribution in [0.3, 0.4) is 0 Å². The first kappa shape index (κ1) is 26.2. The molecule has 0 saturated heterocycles. The van der Waals surface area contributed by atoms with Crippen molar-refractivity contribution in [2.75, 3.05) is 0 Å². The van der Waals surface area contributed by atoms with Gasteiger partial charge in [0.1, 0.15) is 11.2 Å². The van der Waals surface area contributed by atoms with Crippen LogP contribution >= 0.6 is 0 Å². The molecule has 0 fully saturated rings. The summed E-state index contributed by atoms with van der Waals surface area (Å²) in [4.78, 5) is 0. The highest BCUT2D eigenvalue weighted by Crippen LogP contribution is 2.48. The fourth-order valence-corrected chi connectivity index (χ4v) is 7.62. The lowest BCUT2D eigenvalue weighted by Crippen LogP contribution is -1.92. The lowest BCUT2D eigenvalue weighted by Gasteiger charge is -2.19. The molecule has 0 saturated carbocycles. The van der Waals surface area contributed by atoms with E-state index in [1.54, 1.807) is 0 Å². The molecule has 0 amide bonds. The molecular formula is C50H32O. The van der Waals surface area contributed by atoms with E-state index in [2.05, 4.69) is 91.0 Å². The van der Waals surface area contributed by atoms with E-state index in [0.717, 1.165) is 82.4 Å². The second kappa shape index (κ2) is 12.0. The van der Waals surface area contributed by atoms with Gasteiger partial charge in [0.2, 0.25) is 0 Å². The zero-order valence-electron chi connectivity index (χ0n) is 30.7. The molecule has 10 aromatic rings. The third-order valence-electron chi connectivity index (χ3n) is 9.93. The molecule has 1 heterocycles. The monoisotopic (exact) mass is 651 g/mol. The largest absolute Gasteiger partial charge is 0.456 e. The van der Waals surface area contributed by atoms with Gasteiger partial charge in [-0.05, 0) is 114 Å². The highest BCUT2D eigenvalue weighted by molar-refractivity contribution is 6.25. The van der Waals surface area contributed by atoms with Gasteiger partial charge in [-0.3, -0.25) is 0 Å². The standard InChI is InChI=1S/C50H32O/c1-4-15-33(16-5-1)36-27-28-44-47(32-36)51-46-26-14-25-45(50(44)46)49-42-23-12-10-21-40(42)48(41-22-11-13-24-43(41)49)39-30-37(34-17-6-2-7-18-34)29-38(31-39)35-19-8-3-9-20-35/h1-32H/i29D,30D,31D. The van der Waals surface area contributed by atoms with E-state index >= 15 is 0 Å². The lowest BCUT2D eigenvalue weighted by atomic mass is 9.83. The van der Waals surface area contributed by atoms with Gasteiger partial charge in [0.15, 0.2) is 0 Å². The number of hydrogen-bond acceptors (Lipinski definition) is 1. The highest BCUT2D eigenvalue weighted by atomic mass is 16.3. The molecule has 238 valence electrons. The minimum atomic E-state index is 0.177. The Morgan fingerprint density at radius 1 is 0.314 bits per heavy atom. The first-order valence-electron chi connectivity index (χ1n) is 18.8. The van der Waals surface area contributed by atoms with Gasteiger partial charge in [0.25, 0.3) is 0 Å². The SMILES string of the molecule is [2H]c1c(-c2ccccc2)c([2H])c(-c2c3ccccc3c(-c3cccc4oc5cc(-c6ccccc6)ccc5c34)c3ccccc23)c([2H])c1-c1ccccc1. The van der Waals surface area contributed by atoms with Gasteiger partial charge < -0.3 is 4.42 Å². The van der Waals surface area contributed by atoms with Gasteiger partial charge in [-0.15, -0.1) is 0 Å². The second-order valence-electron chi connectivity index (χ2n) is 12.9. The van der Waals surface area contributed by atoms with Crippen LogP contribution in [0.25, 0.3) is 99.1 Å². The number of fused-ring (bicyclic) bond motifs is 5. The molecule has 51 heavy (non-hydrogen) atoms. The van der Waals surface area contributed by atoms with E-state index in [0.29, 0.717) is 16.7 Å². The van der Waals surface area contributed by atoms with Crippen molar-refractivity contribution in [3.8, 4) is 55.6 Å². The summed E-state index contributed by atoms with van der Waals surface area (Å²) < 4.78 is 35.7. The summed E-state index contributed by atoms with van der Waals surface area (Å²) in [6, 6.07) is 59.8. The average Bonchev–Trinajstić information content (AvgIpc) is 3.60. The van der Waals surface area contributed by atoms with Crippen LogP contribution in [-0.4, -0.2) is 0 Å². The summed E-state index contributed by atoms with van der Waals surface area (Å²) in [7, 11) is 0. The van der Waals surface area contributed by atoms with Crippen LogP contribution < -0.4 is 0 Å². The van der Waals surface area contributed by atoms with Crippen LogP contribution in [0.15, 0.2) is 198 Å². The molecule has 0 bridgehead atoms. The molecule has 1 nitrogen and oxygen atoms in total. The van der Waals surface area contributed by atoms with Crippen molar-refractivity contribution in [3.05, 3.63) is 194 Å². The first-order valence-corrected chi connectivity index (χ1v) is 17.3. The molecule has 0 N–H and O–H groups in total. The smallest absolute Gasteiger partial charge is 0.136 e. The molecule has 0 aliphatic carbocycles. The zero-order valence-corrected chi connectivity index (χ0v) is 27.7. The molecule has 9 aromatic carbocycles. The lowest BCUT2D eigenvalue weighted by molar-refractivity contribution is 0.669. The normalized spacial score (nSPS) is 12.4. The van der Waals surface area contributed by atoms with Crippen molar-refractivity contribution in [2.24, 2.45) is 0 Å². The van der Waals surface area contributed by atoms with Crippen LogP contribution in [0.4, 0.5) is 0 Å². The maximum Gasteiger partial charge on any atom is 0.136 e. The van der Waals surface area contributed by atoms with Crippen molar-refractivity contribution < 1.29 is 8.53 Å². The van der Waals surface area contributed by atoms with Gasteiger partial charge >= 0.3 is 0 Å². The Bertz CT molecular complexity index is 2930. The Hall–Kier alpha value is -6.70. The van der Waals surface area contributed by atoms with Crippen molar-refractivity contribution >= 4 is 43.5 Å². The van der Waals surface area contributed by atoms with Gasteiger partial charge in [0.05, 0.1) is 4.11 Å². The Morgan fingerprint density at radius 3 is 1.33 bits per heavy atom. The number of benzene rings is 9. The van der Waals surface area contributed by atoms with Gasteiger partial charge in [0, 0.05) is 10.8 Å². The van der Waals surface area contributed by atoms with Crippen molar-refractivity contribution in [3.63, 3.8) is 0 Å². The molecule has 0 aliphatic heterocycles. The van der Waals surface area contributed by atoms with E-state index in [-0.39, 0.29) is 18.1 Å². The molecular weight excluding hydrogens is 617 g/mol. The quantitative estimate of drug-likeness (QED) is 0.169. The fraction of sp³-hybridized carbons (Fsp3) is 0. The van der Waals surface area contributed by atoms with Crippen molar-refractivity contribution in [2.45, 2.75) is 0 Å². The van der Waals surface area contributed by atoms with E-state index in [1.807, 2.05) is 84.9 Å².